The Labute approximate surface area is 429 Å². The molecule has 0 spiro atoms. The van der Waals surface area contributed by atoms with Gasteiger partial charge in [0.15, 0.2) is 0 Å². The molecule has 418 valence electrons. The zero-order chi connectivity index (χ0) is 57.2. The molecule has 28 N–H and O–H groups in total. The van der Waals surface area contributed by atoms with Crippen molar-refractivity contribution in [3.63, 3.8) is 0 Å². The number of thioether (sulfide) groups is 2. The second-order valence-electron chi connectivity index (χ2n) is 14.6. The predicted octanol–water partition coefficient (Wildman–Crippen LogP) is -2.39. The zero-order valence-electron chi connectivity index (χ0n) is 41.1. The van der Waals surface area contributed by atoms with Gasteiger partial charge < -0.3 is 103 Å². The third-order valence-electron chi connectivity index (χ3n) is 7.98. The molecule has 28 heteroatoms. The summed E-state index contributed by atoms with van der Waals surface area (Å²) < 4.78 is 0. The molecule has 1 unspecified atom stereocenters. The summed E-state index contributed by atoms with van der Waals surface area (Å²) in [6.07, 6.45) is 7.44. The number of hydrogen-bond acceptors (Lipinski definition) is 21. The van der Waals surface area contributed by atoms with Crippen molar-refractivity contribution in [1.29, 1.82) is 0 Å². The third kappa shape index (κ3) is 59.3. The van der Waals surface area contributed by atoms with E-state index in [9.17, 15) is 33.6 Å². The van der Waals surface area contributed by atoms with Crippen LogP contribution < -0.4 is 51.6 Å². The van der Waals surface area contributed by atoms with E-state index in [-0.39, 0.29) is 6.61 Å². The van der Waals surface area contributed by atoms with E-state index >= 15 is 0 Å². The summed E-state index contributed by atoms with van der Waals surface area (Å²) in [7, 11) is 0. The lowest BCUT2D eigenvalue weighted by molar-refractivity contribution is -0.140. The van der Waals surface area contributed by atoms with E-state index in [4.69, 9.17) is 103 Å². The van der Waals surface area contributed by atoms with Crippen LogP contribution in [0.1, 0.15) is 56.6 Å². The molecule has 2 aromatic rings. The fourth-order valence-electron chi connectivity index (χ4n) is 3.65. The summed E-state index contributed by atoms with van der Waals surface area (Å²) in [6.45, 7) is 1.89. The first kappa shape index (κ1) is 78.4. The van der Waals surface area contributed by atoms with Gasteiger partial charge in [-0.2, -0.15) is 23.5 Å². The molecule has 0 aromatic heterocycles. The van der Waals surface area contributed by atoms with E-state index in [2.05, 4.69) is 0 Å². The van der Waals surface area contributed by atoms with Crippen LogP contribution in [0.25, 0.3) is 0 Å². The SMILES string of the molecule is CC(O)CO.CSCC[C@H](N)C(=O)O.CSCC[C@H](N)C(=O)O.NCCC[C@H](N)C(=O)O.NCCC[C@H](N)C(=O)O.N[C@@H](CO)C(=O)O.N[C@@H](Cc1ccccc1)C(=O)O.N[C@@H](Cc1ccccc1)C(=O)O. The van der Waals surface area contributed by atoms with Gasteiger partial charge in [0.05, 0.1) is 19.3 Å². The van der Waals surface area contributed by atoms with Crippen LogP contribution in [0.3, 0.4) is 0 Å². The molecule has 2 rings (SSSR count). The summed E-state index contributed by atoms with van der Waals surface area (Å²) in [6, 6.07) is 13.1. The normalized spacial score (nSPS) is 13.0. The highest BCUT2D eigenvalue weighted by Crippen LogP contribution is 2.03. The summed E-state index contributed by atoms with van der Waals surface area (Å²) in [5.74, 6) is -5.21. The van der Waals surface area contributed by atoms with E-state index in [1.807, 2.05) is 73.2 Å². The Morgan fingerprint density at radius 3 is 0.833 bits per heavy atom. The monoisotopic (exact) mass is 1070 g/mol. The Morgan fingerprint density at radius 2 is 0.667 bits per heavy atom. The Bertz CT molecular complexity index is 1510. The topological polar surface area (TPSA) is 556 Å². The van der Waals surface area contributed by atoms with Crippen molar-refractivity contribution in [2.75, 3.05) is 50.3 Å². The van der Waals surface area contributed by atoms with Crippen molar-refractivity contribution in [1.82, 2.24) is 0 Å². The van der Waals surface area contributed by atoms with Gasteiger partial charge in [-0.25, -0.2) is 0 Å². The lowest BCUT2D eigenvalue weighted by Crippen LogP contribution is -2.33. The first-order valence-corrected chi connectivity index (χ1v) is 24.6. The van der Waals surface area contributed by atoms with Crippen LogP contribution in [-0.2, 0) is 46.4 Å². The molecule has 0 aliphatic heterocycles. The van der Waals surface area contributed by atoms with Crippen LogP contribution in [0.15, 0.2) is 60.7 Å². The molecule has 0 bridgehead atoms. The van der Waals surface area contributed by atoms with E-state index in [0.717, 1.165) is 22.6 Å². The summed E-state index contributed by atoms with van der Waals surface area (Å²) in [4.78, 5) is 70.6. The molecule has 72 heavy (non-hydrogen) atoms. The number of aliphatic hydroxyl groups is 3. The van der Waals surface area contributed by atoms with Gasteiger partial charge in [-0.1, -0.05) is 60.7 Å². The minimum atomic E-state index is -1.18. The molecular formula is C44H83N9O17S2. The molecule has 8 atom stereocenters. The van der Waals surface area contributed by atoms with Gasteiger partial charge in [-0.3, -0.25) is 33.6 Å². The smallest absolute Gasteiger partial charge is 0.322 e. The van der Waals surface area contributed by atoms with Crippen molar-refractivity contribution in [3.8, 4) is 0 Å². The Balaban J connectivity index is -0.000000175. The summed E-state index contributed by atoms with van der Waals surface area (Å²) >= 11 is 3.21. The second kappa shape index (κ2) is 53.7. The quantitative estimate of drug-likeness (QED) is 0.0493. The molecule has 0 fully saturated rings. The number of benzene rings is 2. The molecule has 0 amide bonds. The minimum absolute atomic E-state index is 0.139. The number of aliphatic carboxylic acids is 7. The number of rotatable bonds is 25. The number of aliphatic hydroxyl groups excluding tert-OH is 3. The molecular weight excluding hydrogens is 991 g/mol. The van der Waals surface area contributed by atoms with Crippen LogP contribution >= 0.6 is 23.5 Å². The first-order chi connectivity index (χ1) is 33.6. The minimum Gasteiger partial charge on any atom is -0.480 e. The highest BCUT2D eigenvalue weighted by molar-refractivity contribution is 7.98. The van der Waals surface area contributed by atoms with Crippen molar-refractivity contribution >= 4 is 65.3 Å². The molecule has 0 saturated heterocycles. The van der Waals surface area contributed by atoms with Gasteiger partial charge in [0.1, 0.15) is 42.3 Å². The largest absolute Gasteiger partial charge is 0.480 e. The third-order valence-corrected chi connectivity index (χ3v) is 9.27. The Morgan fingerprint density at radius 1 is 0.431 bits per heavy atom. The maximum Gasteiger partial charge on any atom is 0.322 e. The van der Waals surface area contributed by atoms with Gasteiger partial charge in [0.25, 0.3) is 0 Å². The van der Waals surface area contributed by atoms with Crippen LogP contribution in [-0.4, -0.2) is 192 Å². The van der Waals surface area contributed by atoms with E-state index in [1.165, 1.54) is 6.92 Å². The predicted molar refractivity (Wildman–Crippen MR) is 278 cm³/mol. The Hall–Kier alpha value is -5.05. The van der Waals surface area contributed by atoms with Gasteiger partial charge >= 0.3 is 41.8 Å². The van der Waals surface area contributed by atoms with E-state index < -0.39 is 96.8 Å². The van der Waals surface area contributed by atoms with Crippen LogP contribution in [0, 0.1) is 0 Å². The first-order valence-electron chi connectivity index (χ1n) is 21.8. The molecule has 2 aromatic carbocycles. The average molecular weight is 1070 g/mol. The van der Waals surface area contributed by atoms with Gasteiger partial charge in [0.2, 0.25) is 0 Å². The number of carboxylic acids is 7. The highest BCUT2D eigenvalue weighted by atomic mass is 32.2. The lowest BCUT2D eigenvalue weighted by Gasteiger charge is -2.04. The summed E-state index contributed by atoms with van der Waals surface area (Å²) in [5, 5.41) is 82.0. The van der Waals surface area contributed by atoms with Crippen LogP contribution in [0.5, 0.6) is 0 Å². The standard InChI is InChI=1S/2C9H11NO2.2C5H12N2O2.2C5H11NO2S.C3H7NO3.C3H8O2/c2*10-8(9(11)12)6-7-4-2-1-3-5-7;2*6-3-1-2-4(7)5(8)9;2*1-9-3-2-4(6)5(7)8;4-2(1-5)3(6)7;1-3(5)2-4/h2*1-5,8H,6,10H2,(H,11,12);2*4H,1-3,6-7H2,(H,8,9);2*4H,2-3,6H2,1H3,(H,7,8);2,5H,1,4H2,(H,6,7);3-5H,2H2,1H3/t2*8-;4*4-;2-;/m0000000./s1. The second-order valence-corrected chi connectivity index (χ2v) is 16.6. The van der Waals surface area contributed by atoms with Gasteiger partial charge in [-0.05, 0) is 107 Å². The van der Waals surface area contributed by atoms with Gasteiger partial charge in [0, 0.05) is 0 Å². The highest BCUT2D eigenvalue weighted by Gasteiger charge is 2.13. The van der Waals surface area contributed by atoms with Crippen molar-refractivity contribution in [3.05, 3.63) is 71.8 Å². The van der Waals surface area contributed by atoms with Crippen molar-refractivity contribution in [2.24, 2.45) is 51.6 Å². The van der Waals surface area contributed by atoms with Gasteiger partial charge in [-0.15, -0.1) is 0 Å². The molecule has 0 aliphatic rings. The fourth-order valence-corrected chi connectivity index (χ4v) is 4.63. The maximum absolute atomic E-state index is 10.4. The van der Waals surface area contributed by atoms with E-state index in [0.29, 0.717) is 64.5 Å². The average Bonchev–Trinajstić information content (AvgIpc) is 3.34. The maximum atomic E-state index is 10.4. The van der Waals surface area contributed by atoms with E-state index in [1.54, 1.807) is 23.5 Å². The number of nitrogens with two attached hydrogens (primary N) is 9. The molecule has 0 aliphatic carbocycles. The molecule has 26 nitrogen and oxygen atoms in total. The molecule has 0 saturated carbocycles. The number of carbonyl (C=O) groups is 7. The zero-order valence-corrected chi connectivity index (χ0v) is 42.8. The Kier molecular flexibility index (Phi) is 58.5. The number of carboxylic acid groups (broad SMARTS) is 7. The summed E-state index contributed by atoms with van der Waals surface area (Å²) in [5.41, 5.74) is 48.3. The number of hydrogen-bond donors (Lipinski definition) is 19. The van der Waals surface area contributed by atoms with Crippen LogP contribution in [0.4, 0.5) is 0 Å². The van der Waals surface area contributed by atoms with Crippen molar-refractivity contribution in [2.45, 2.75) is 107 Å². The van der Waals surface area contributed by atoms with Crippen molar-refractivity contribution < 1.29 is 84.6 Å². The molecule has 0 heterocycles. The lowest BCUT2D eigenvalue weighted by atomic mass is 10.1. The fraction of sp³-hybridized carbons (Fsp3) is 0.568. The molecule has 0 radical (unpaired) electrons. The van der Waals surface area contributed by atoms with Crippen LogP contribution in [0.2, 0.25) is 0 Å².